The lowest BCUT2D eigenvalue weighted by molar-refractivity contribution is -0.152. The maximum atomic E-state index is 12.0. The fraction of sp³-hybridized carbons (Fsp3) is 0.895. The molecule has 0 spiro atoms. The Morgan fingerprint density at radius 3 is 1.70 bits per heavy atom. The molecule has 12 N–H and O–H groups in total. The molecule has 2 unspecified atom stereocenters. The van der Waals surface area contributed by atoms with Crippen molar-refractivity contribution in [2.45, 2.75) is 69.9 Å². The summed E-state index contributed by atoms with van der Waals surface area (Å²) in [6, 6.07) is -0.943. The molecule has 11 nitrogen and oxygen atoms in total. The first-order chi connectivity index (χ1) is 14.4. The molecule has 0 fully saturated rings. The lowest BCUT2D eigenvalue weighted by atomic mass is 10.2. The third-order valence-electron chi connectivity index (χ3n) is 4.34. The maximum absolute atomic E-state index is 12.0. The number of hydrogen-bond acceptors (Lipinski definition) is 11. The van der Waals surface area contributed by atoms with E-state index in [9.17, 15) is 9.59 Å². The second-order valence-electron chi connectivity index (χ2n) is 7.22. The minimum atomic E-state index is -0.943. The molecule has 0 saturated heterocycles. The highest BCUT2D eigenvalue weighted by molar-refractivity contribution is 5.77. The molecule has 0 aromatic rings. The van der Waals surface area contributed by atoms with Gasteiger partial charge in [0.05, 0.1) is 0 Å². The van der Waals surface area contributed by atoms with Gasteiger partial charge in [-0.2, -0.15) is 0 Å². The van der Waals surface area contributed by atoms with Crippen molar-refractivity contribution in [3.63, 3.8) is 0 Å². The summed E-state index contributed by atoms with van der Waals surface area (Å²) in [5.74, 6) is -1.13. The van der Waals surface area contributed by atoms with E-state index in [2.05, 4.69) is 10.6 Å². The molecule has 0 amide bonds. The molecule has 0 rings (SSSR count). The largest absolute Gasteiger partial charge is 0.447 e. The van der Waals surface area contributed by atoms with E-state index in [0.29, 0.717) is 39.0 Å². The van der Waals surface area contributed by atoms with Gasteiger partial charge in [-0.25, -0.2) is 0 Å². The number of hydrogen-bond donors (Lipinski definition) is 7. The number of rotatable bonds is 20. The van der Waals surface area contributed by atoms with Crippen LogP contribution in [0.1, 0.15) is 51.4 Å². The van der Waals surface area contributed by atoms with Gasteiger partial charge < -0.3 is 37.3 Å². The molecule has 0 aromatic heterocycles. The summed E-state index contributed by atoms with van der Waals surface area (Å²) >= 11 is 0. The first-order valence-corrected chi connectivity index (χ1v) is 10.9. The van der Waals surface area contributed by atoms with Gasteiger partial charge in [0.25, 0.3) is 0 Å². The topological polar surface area (TPSA) is 207 Å². The van der Waals surface area contributed by atoms with Crippen molar-refractivity contribution in [2.75, 3.05) is 39.3 Å². The number of carbonyl (C=O) groups excluding carboxylic acids is 2. The Hall–Kier alpha value is -1.34. The average Bonchev–Trinajstić information content (AvgIpc) is 2.71. The molecule has 0 aromatic carbocycles. The Labute approximate surface area is 180 Å². The van der Waals surface area contributed by atoms with E-state index in [1.54, 1.807) is 0 Å². The van der Waals surface area contributed by atoms with Crippen LogP contribution >= 0.6 is 0 Å². The lowest BCUT2D eigenvalue weighted by Gasteiger charge is -2.17. The Bertz CT molecular complexity index is 443. The normalized spacial score (nSPS) is 14.2. The number of esters is 2. The van der Waals surface area contributed by atoms with Crippen LogP contribution in [-0.2, 0) is 19.1 Å². The number of nitrogens with one attached hydrogen (secondary N) is 2. The van der Waals surface area contributed by atoms with Crippen LogP contribution in [0.4, 0.5) is 0 Å². The molecular weight excluding hydrogens is 390 g/mol. The van der Waals surface area contributed by atoms with E-state index in [1.165, 1.54) is 0 Å². The molecule has 3 atom stereocenters. The second-order valence-corrected chi connectivity index (χ2v) is 7.22. The van der Waals surface area contributed by atoms with Crippen LogP contribution in [0.3, 0.4) is 0 Å². The van der Waals surface area contributed by atoms with E-state index >= 15 is 0 Å². The number of ether oxygens (including phenoxy) is 2. The van der Waals surface area contributed by atoms with Gasteiger partial charge in [-0.15, -0.1) is 0 Å². The highest BCUT2D eigenvalue weighted by Crippen LogP contribution is 2.03. The van der Waals surface area contributed by atoms with E-state index in [-0.39, 0.29) is 12.8 Å². The van der Waals surface area contributed by atoms with E-state index in [0.717, 1.165) is 38.8 Å². The van der Waals surface area contributed by atoms with Crippen molar-refractivity contribution in [2.24, 2.45) is 28.7 Å². The van der Waals surface area contributed by atoms with Crippen molar-refractivity contribution < 1.29 is 19.1 Å². The van der Waals surface area contributed by atoms with Gasteiger partial charge in [0.2, 0.25) is 0 Å². The predicted molar refractivity (Wildman–Crippen MR) is 117 cm³/mol. The monoisotopic (exact) mass is 433 g/mol. The zero-order chi connectivity index (χ0) is 22.6. The molecule has 11 heteroatoms. The van der Waals surface area contributed by atoms with Crippen LogP contribution in [0, 0.1) is 0 Å². The van der Waals surface area contributed by atoms with Gasteiger partial charge in [0.15, 0.2) is 12.5 Å². The summed E-state index contributed by atoms with van der Waals surface area (Å²) in [4.78, 5) is 23.8. The van der Waals surface area contributed by atoms with Gasteiger partial charge in [-0.3, -0.25) is 21.1 Å². The average molecular weight is 434 g/mol. The van der Waals surface area contributed by atoms with Crippen LogP contribution in [-0.4, -0.2) is 69.7 Å². The molecule has 0 saturated carbocycles. The van der Waals surface area contributed by atoms with E-state index in [1.807, 2.05) is 0 Å². The Kier molecular flexibility index (Phi) is 18.7. The lowest BCUT2D eigenvalue weighted by Crippen LogP contribution is -2.39. The van der Waals surface area contributed by atoms with Gasteiger partial charge >= 0.3 is 11.9 Å². The third kappa shape index (κ3) is 17.5. The van der Waals surface area contributed by atoms with Gasteiger partial charge in [0.1, 0.15) is 6.04 Å². The van der Waals surface area contributed by atoms with Gasteiger partial charge in [-0.05, 0) is 71.4 Å². The SMILES string of the molecule is NCCCCNCCC(N)OC(=O)CC[C@H](N)C(=O)OC(N)CCNCCCCN. The van der Waals surface area contributed by atoms with Crippen molar-refractivity contribution in [1.82, 2.24) is 10.6 Å². The van der Waals surface area contributed by atoms with Crippen molar-refractivity contribution in [3.8, 4) is 0 Å². The maximum Gasteiger partial charge on any atom is 0.324 e. The van der Waals surface area contributed by atoms with Crippen LogP contribution in [0.5, 0.6) is 0 Å². The summed E-state index contributed by atoms with van der Waals surface area (Å²) < 4.78 is 10.2. The summed E-state index contributed by atoms with van der Waals surface area (Å²) in [7, 11) is 0. The first kappa shape index (κ1) is 28.7. The van der Waals surface area contributed by atoms with Crippen LogP contribution in [0.15, 0.2) is 0 Å². The zero-order valence-electron chi connectivity index (χ0n) is 18.2. The Morgan fingerprint density at radius 2 is 1.20 bits per heavy atom. The van der Waals surface area contributed by atoms with Crippen molar-refractivity contribution >= 4 is 11.9 Å². The molecule has 0 bridgehead atoms. The minimum absolute atomic E-state index is 0.0220. The van der Waals surface area contributed by atoms with Crippen LogP contribution in [0.2, 0.25) is 0 Å². The first-order valence-electron chi connectivity index (χ1n) is 10.9. The summed E-state index contributed by atoms with van der Waals surface area (Å²) in [5, 5.41) is 6.40. The number of carbonyl (C=O) groups is 2. The minimum Gasteiger partial charge on any atom is -0.447 e. The van der Waals surface area contributed by atoms with E-state index < -0.39 is 30.4 Å². The highest BCUT2D eigenvalue weighted by atomic mass is 16.6. The summed E-state index contributed by atoms with van der Waals surface area (Å²) in [5.41, 5.74) is 28.2. The van der Waals surface area contributed by atoms with Crippen LogP contribution < -0.4 is 39.3 Å². The Balaban J connectivity index is 3.81. The fourth-order valence-corrected chi connectivity index (χ4v) is 2.50. The zero-order valence-corrected chi connectivity index (χ0v) is 18.2. The van der Waals surface area contributed by atoms with E-state index in [4.69, 9.17) is 38.1 Å². The fourth-order valence-electron chi connectivity index (χ4n) is 2.50. The molecule has 0 aliphatic carbocycles. The molecule has 0 aliphatic heterocycles. The molecule has 178 valence electrons. The molecule has 0 radical (unpaired) electrons. The second kappa shape index (κ2) is 19.6. The van der Waals surface area contributed by atoms with Gasteiger partial charge in [0, 0.05) is 19.3 Å². The smallest absolute Gasteiger partial charge is 0.324 e. The molecule has 30 heavy (non-hydrogen) atoms. The predicted octanol–water partition coefficient (Wildman–Crippen LogP) is -1.81. The molecule has 0 aliphatic rings. The van der Waals surface area contributed by atoms with Crippen LogP contribution in [0.25, 0.3) is 0 Å². The van der Waals surface area contributed by atoms with Gasteiger partial charge in [-0.1, -0.05) is 0 Å². The number of nitrogens with two attached hydrogens (primary N) is 5. The van der Waals surface area contributed by atoms with Crippen molar-refractivity contribution in [1.29, 1.82) is 0 Å². The Morgan fingerprint density at radius 1 is 0.700 bits per heavy atom. The number of unbranched alkanes of at least 4 members (excludes halogenated alkanes) is 2. The third-order valence-corrected chi connectivity index (χ3v) is 4.34. The molecular formula is C19H43N7O4. The summed E-state index contributed by atoms with van der Waals surface area (Å²) in [6.07, 6.45) is 3.51. The highest BCUT2D eigenvalue weighted by Gasteiger charge is 2.20. The summed E-state index contributed by atoms with van der Waals surface area (Å²) in [6.45, 7) is 4.30. The standard InChI is InChI=1S/C19H43N7O4/c20-9-1-3-11-25-13-7-16(23)29-18(27)6-5-15(22)19(28)30-17(24)8-14-26-12-4-2-10-21/h15-17,25-26H,1-14,20-24H2/t15-,16?,17?/m0/s1. The quantitative estimate of drug-likeness (QED) is 0.0646. The molecule has 0 heterocycles. The van der Waals surface area contributed by atoms with Crippen molar-refractivity contribution in [3.05, 3.63) is 0 Å².